The molecule has 1 fully saturated rings. The van der Waals surface area contributed by atoms with E-state index in [2.05, 4.69) is 9.88 Å². The van der Waals surface area contributed by atoms with Gasteiger partial charge in [-0.15, -0.1) is 0 Å². The summed E-state index contributed by atoms with van der Waals surface area (Å²) in [6, 6.07) is 7.53. The maximum absolute atomic E-state index is 9.51. The summed E-state index contributed by atoms with van der Waals surface area (Å²) in [7, 11) is 0. The molecule has 2 heterocycles. The molecular formula is C12H13N3O. The number of nitrogens with zero attached hydrogens (tertiary/aromatic N) is 2. The average molecular weight is 215 g/mol. The van der Waals surface area contributed by atoms with Gasteiger partial charge in [-0.2, -0.15) is 0 Å². The highest BCUT2D eigenvalue weighted by atomic mass is 16.3. The molecule has 0 radical (unpaired) electrons. The maximum Gasteiger partial charge on any atom is 0.136 e. The molecule has 1 aliphatic heterocycles. The van der Waals surface area contributed by atoms with Gasteiger partial charge in [0.05, 0.1) is 0 Å². The zero-order valence-corrected chi connectivity index (χ0v) is 8.80. The summed E-state index contributed by atoms with van der Waals surface area (Å²) in [5.41, 5.74) is 5.76. The number of pyridine rings is 1. The number of fused-ring (bicyclic) bond motifs is 1. The van der Waals surface area contributed by atoms with Gasteiger partial charge in [0.25, 0.3) is 0 Å². The van der Waals surface area contributed by atoms with Gasteiger partial charge in [-0.25, -0.2) is 4.98 Å². The van der Waals surface area contributed by atoms with Crippen LogP contribution in [0.1, 0.15) is 0 Å². The quantitative estimate of drug-likeness (QED) is 0.747. The second-order valence-corrected chi connectivity index (χ2v) is 4.21. The summed E-state index contributed by atoms with van der Waals surface area (Å²) in [5, 5.41) is 11.6. The van der Waals surface area contributed by atoms with Crippen LogP contribution in [0.15, 0.2) is 30.5 Å². The molecule has 0 saturated carbocycles. The van der Waals surface area contributed by atoms with E-state index in [1.165, 1.54) is 0 Å². The van der Waals surface area contributed by atoms with Gasteiger partial charge >= 0.3 is 0 Å². The molecule has 3 rings (SSSR count). The highest BCUT2D eigenvalue weighted by Crippen LogP contribution is 2.29. The minimum atomic E-state index is 0.245. The Kier molecular flexibility index (Phi) is 1.97. The van der Waals surface area contributed by atoms with Crippen LogP contribution >= 0.6 is 0 Å². The van der Waals surface area contributed by atoms with Gasteiger partial charge in [-0.1, -0.05) is 6.07 Å². The third kappa shape index (κ3) is 1.39. The van der Waals surface area contributed by atoms with Crippen LogP contribution in [0, 0.1) is 0 Å². The topological polar surface area (TPSA) is 62.4 Å². The predicted molar refractivity (Wildman–Crippen MR) is 63.6 cm³/mol. The van der Waals surface area contributed by atoms with Gasteiger partial charge < -0.3 is 15.7 Å². The van der Waals surface area contributed by atoms with E-state index in [9.17, 15) is 5.11 Å². The Hall–Kier alpha value is -1.81. The molecular weight excluding hydrogens is 202 g/mol. The van der Waals surface area contributed by atoms with E-state index in [4.69, 9.17) is 5.73 Å². The number of phenolic OH excluding ortho intramolecular Hbond substituents is 1. The van der Waals surface area contributed by atoms with Crippen molar-refractivity contribution in [2.75, 3.05) is 18.0 Å². The van der Waals surface area contributed by atoms with Gasteiger partial charge in [0, 0.05) is 30.7 Å². The molecule has 3 N–H and O–H groups in total. The Labute approximate surface area is 93.3 Å². The standard InChI is InChI=1S/C12H13N3O/c13-9-6-15(7-9)12-11-5-10(16)2-1-8(11)3-4-14-12/h1-5,9,16H,6-7,13H2. The number of aromatic hydroxyl groups is 1. The van der Waals surface area contributed by atoms with Gasteiger partial charge in [0.1, 0.15) is 11.6 Å². The highest BCUT2D eigenvalue weighted by molar-refractivity contribution is 5.93. The van der Waals surface area contributed by atoms with E-state index in [1.54, 1.807) is 18.3 Å². The number of rotatable bonds is 1. The minimum absolute atomic E-state index is 0.245. The molecule has 2 aromatic rings. The first-order chi connectivity index (χ1) is 7.74. The van der Waals surface area contributed by atoms with E-state index < -0.39 is 0 Å². The summed E-state index contributed by atoms with van der Waals surface area (Å²) in [5.74, 6) is 1.18. The van der Waals surface area contributed by atoms with Crippen LogP contribution in [-0.4, -0.2) is 29.2 Å². The highest BCUT2D eigenvalue weighted by Gasteiger charge is 2.25. The SMILES string of the molecule is NC1CN(c2nccc3ccc(O)cc23)C1. The number of aromatic nitrogens is 1. The van der Waals surface area contributed by atoms with Crippen LogP contribution in [0.5, 0.6) is 5.75 Å². The number of hydrogen-bond acceptors (Lipinski definition) is 4. The summed E-state index contributed by atoms with van der Waals surface area (Å²) < 4.78 is 0. The fraction of sp³-hybridized carbons (Fsp3) is 0.250. The van der Waals surface area contributed by atoms with Crippen LogP contribution in [0.4, 0.5) is 5.82 Å². The molecule has 4 nitrogen and oxygen atoms in total. The second kappa shape index (κ2) is 3.35. The van der Waals surface area contributed by atoms with Crippen molar-refractivity contribution in [3.8, 4) is 5.75 Å². The molecule has 1 saturated heterocycles. The lowest BCUT2D eigenvalue weighted by Crippen LogP contribution is -2.56. The van der Waals surface area contributed by atoms with E-state index >= 15 is 0 Å². The lowest BCUT2D eigenvalue weighted by Gasteiger charge is -2.38. The normalized spacial score (nSPS) is 16.4. The number of nitrogens with two attached hydrogens (primary N) is 1. The Balaban J connectivity index is 2.13. The summed E-state index contributed by atoms with van der Waals surface area (Å²) in [6.45, 7) is 1.67. The second-order valence-electron chi connectivity index (χ2n) is 4.21. The maximum atomic E-state index is 9.51. The van der Waals surface area contributed by atoms with E-state index in [0.29, 0.717) is 0 Å². The molecule has 0 unspecified atom stereocenters. The molecule has 16 heavy (non-hydrogen) atoms. The van der Waals surface area contributed by atoms with Crippen LogP contribution in [0.25, 0.3) is 10.8 Å². The summed E-state index contributed by atoms with van der Waals surface area (Å²) in [6.07, 6.45) is 1.79. The Bertz CT molecular complexity index is 535. The van der Waals surface area contributed by atoms with Gasteiger partial charge in [0.2, 0.25) is 0 Å². The minimum Gasteiger partial charge on any atom is -0.508 e. The zero-order valence-electron chi connectivity index (χ0n) is 8.80. The van der Waals surface area contributed by atoms with Crippen molar-refractivity contribution in [3.63, 3.8) is 0 Å². The first-order valence-electron chi connectivity index (χ1n) is 5.32. The molecule has 1 aliphatic rings. The number of hydrogen-bond donors (Lipinski definition) is 2. The van der Waals surface area contributed by atoms with Gasteiger partial charge in [-0.3, -0.25) is 0 Å². The lowest BCUT2D eigenvalue weighted by molar-refractivity contribution is 0.476. The van der Waals surface area contributed by atoms with Crippen molar-refractivity contribution in [3.05, 3.63) is 30.5 Å². The van der Waals surface area contributed by atoms with Crippen LogP contribution in [0.3, 0.4) is 0 Å². The van der Waals surface area contributed by atoms with Gasteiger partial charge in [-0.05, 0) is 23.6 Å². The van der Waals surface area contributed by atoms with Crippen molar-refractivity contribution in [2.24, 2.45) is 5.73 Å². The van der Waals surface area contributed by atoms with E-state index in [0.717, 1.165) is 29.7 Å². The molecule has 0 atom stereocenters. The molecule has 0 amide bonds. The van der Waals surface area contributed by atoms with E-state index in [-0.39, 0.29) is 11.8 Å². The van der Waals surface area contributed by atoms with Crippen LogP contribution in [0.2, 0.25) is 0 Å². The third-order valence-corrected chi connectivity index (χ3v) is 2.94. The molecule has 1 aromatic carbocycles. The fourth-order valence-electron chi connectivity index (χ4n) is 2.08. The fourth-order valence-corrected chi connectivity index (χ4v) is 2.08. The van der Waals surface area contributed by atoms with Crippen molar-refractivity contribution in [1.82, 2.24) is 4.98 Å². The number of benzene rings is 1. The van der Waals surface area contributed by atoms with Gasteiger partial charge in [0.15, 0.2) is 0 Å². The zero-order chi connectivity index (χ0) is 11.1. The van der Waals surface area contributed by atoms with Crippen molar-refractivity contribution >= 4 is 16.6 Å². The molecule has 0 spiro atoms. The van der Waals surface area contributed by atoms with Crippen molar-refractivity contribution in [2.45, 2.75) is 6.04 Å². The number of anilines is 1. The predicted octanol–water partition coefficient (Wildman–Crippen LogP) is 1.09. The average Bonchev–Trinajstić information content (AvgIpc) is 2.24. The summed E-state index contributed by atoms with van der Waals surface area (Å²) in [4.78, 5) is 6.50. The smallest absolute Gasteiger partial charge is 0.136 e. The first-order valence-corrected chi connectivity index (χ1v) is 5.32. The van der Waals surface area contributed by atoms with Crippen molar-refractivity contribution in [1.29, 1.82) is 0 Å². The number of phenols is 1. The Morgan fingerprint density at radius 3 is 2.88 bits per heavy atom. The lowest BCUT2D eigenvalue weighted by atomic mass is 10.1. The van der Waals surface area contributed by atoms with Crippen LogP contribution in [-0.2, 0) is 0 Å². The summed E-state index contributed by atoms with van der Waals surface area (Å²) >= 11 is 0. The Morgan fingerprint density at radius 1 is 1.31 bits per heavy atom. The Morgan fingerprint density at radius 2 is 2.12 bits per heavy atom. The first kappa shape index (κ1) is 9.42. The third-order valence-electron chi connectivity index (χ3n) is 2.94. The molecule has 0 bridgehead atoms. The molecule has 4 heteroatoms. The van der Waals surface area contributed by atoms with E-state index in [1.807, 2.05) is 12.1 Å². The molecule has 0 aliphatic carbocycles. The largest absolute Gasteiger partial charge is 0.508 e. The molecule has 82 valence electrons. The molecule has 1 aromatic heterocycles. The van der Waals surface area contributed by atoms with Crippen molar-refractivity contribution < 1.29 is 5.11 Å². The van der Waals surface area contributed by atoms with Crippen LogP contribution < -0.4 is 10.6 Å². The monoisotopic (exact) mass is 215 g/mol.